The molecule has 0 bridgehead atoms. The lowest BCUT2D eigenvalue weighted by Gasteiger charge is -2.51. The van der Waals surface area contributed by atoms with Gasteiger partial charge in [-0.25, -0.2) is 0 Å². The normalized spacial score (nSPS) is 27.3. The predicted octanol–water partition coefficient (Wildman–Crippen LogP) is 3.43. The standard InChI is InChI=1S/C14H16BrNO4/c15-10-4-3-9(16(18)19)7-11(10)20-13-8-12(17)14(13)5-1-2-6-14/h3-4,7,12-13,17H,1-2,5-6,8H2. The summed E-state index contributed by atoms with van der Waals surface area (Å²) >= 11 is 3.36. The van der Waals surface area contributed by atoms with Gasteiger partial charge >= 0.3 is 0 Å². The van der Waals surface area contributed by atoms with Crippen LogP contribution in [0.15, 0.2) is 22.7 Å². The number of benzene rings is 1. The molecule has 0 saturated heterocycles. The Morgan fingerprint density at radius 2 is 2.10 bits per heavy atom. The molecule has 0 aliphatic heterocycles. The summed E-state index contributed by atoms with van der Waals surface area (Å²) in [6, 6.07) is 4.51. The van der Waals surface area contributed by atoms with Gasteiger partial charge < -0.3 is 9.84 Å². The second kappa shape index (κ2) is 5.00. The molecule has 108 valence electrons. The minimum atomic E-state index is -0.430. The average Bonchev–Trinajstić information content (AvgIpc) is 2.92. The number of nitrogens with zero attached hydrogens (tertiary/aromatic N) is 1. The highest BCUT2D eigenvalue weighted by Crippen LogP contribution is 2.55. The number of aliphatic hydroxyl groups excluding tert-OH is 1. The highest BCUT2D eigenvalue weighted by molar-refractivity contribution is 9.10. The van der Waals surface area contributed by atoms with Gasteiger partial charge in [0.25, 0.3) is 5.69 Å². The molecule has 0 radical (unpaired) electrons. The molecule has 0 heterocycles. The molecule has 1 aromatic carbocycles. The zero-order valence-electron chi connectivity index (χ0n) is 10.9. The van der Waals surface area contributed by atoms with Crippen molar-refractivity contribution in [2.75, 3.05) is 0 Å². The fourth-order valence-electron chi connectivity index (χ4n) is 3.43. The number of ether oxygens (including phenoxy) is 1. The molecule has 2 saturated carbocycles. The molecule has 6 heteroatoms. The van der Waals surface area contributed by atoms with Crippen LogP contribution in [-0.4, -0.2) is 22.2 Å². The fourth-order valence-corrected chi connectivity index (χ4v) is 3.77. The van der Waals surface area contributed by atoms with Gasteiger partial charge in [-0.2, -0.15) is 0 Å². The molecule has 1 aromatic rings. The third-order valence-corrected chi connectivity index (χ3v) is 5.33. The number of non-ortho nitro benzene ring substituents is 1. The van der Waals surface area contributed by atoms with Gasteiger partial charge in [-0.3, -0.25) is 10.1 Å². The molecule has 0 aromatic heterocycles. The van der Waals surface area contributed by atoms with Gasteiger partial charge in [0.15, 0.2) is 0 Å². The van der Waals surface area contributed by atoms with E-state index in [0.29, 0.717) is 16.6 Å². The first-order chi connectivity index (χ1) is 9.53. The SMILES string of the molecule is O=[N+]([O-])c1ccc(Br)c(OC2CC(O)C23CCCC3)c1. The van der Waals surface area contributed by atoms with Crippen LogP contribution in [-0.2, 0) is 0 Å². The summed E-state index contributed by atoms with van der Waals surface area (Å²) in [7, 11) is 0. The number of aliphatic hydroxyl groups is 1. The number of hydrogen-bond donors (Lipinski definition) is 1. The Bertz CT molecular complexity index is 542. The van der Waals surface area contributed by atoms with Crippen molar-refractivity contribution < 1.29 is 14.8 Å². The highest BCUT2D eigenvalue weighted by atomic mass is 79.9. The van der Waals surface area contributed by atoms with E-state index in [4.69, 9.17) is 4.74 Å². The first kappa shape index (κ1) is 13.8. The van der Waals surface area contributed by atoms with Crippen molar-refractivity contribution in [1.82, 2.24) is 0 Å². The Morgan fingerprint density at radius 1 is 1.40 bits per heavy atom. The molecular formula is C14H16BrNO4. The third kappa shape index (κ3) is 2.11. The average molecular weight is 342 g/mol. The predicted molar refractivity (Wildman–Crippen MR) is 76.7 cm³/mol. The summed E-state index contributed by atoms with van der Waals surface area (Å²) in [5.74, 6) is 0.488. The first-order valence-electron chi connectivity index (χ1n) is 6.81. The van der Waals surface area contributed by atoms with Crippen molar-refractivity contribution >= 4 is 21.6 Å². The zero-order valence-corrected chi connectivity index (χ0v) is 12.5. The third-order valence-electron chi connectivity index (χ3n) is 4.67. The maximum atomic E-state index is 10.8. The molecule has 1 N–H and O–H groups in total. The molecule has 3 rings (SSSR count). The van der Waals surface area contributed by atoms with E-state index in [1.807, 2.05) is 0 Å². The molecule has 20 heavy (non-hydrogen) atoms. The lowest BCUT2D eigenvalue weighted by molar-refractivity contribution is -0.385. The molecule has 2 fully saturated rings. The Labute approximate surface area is 125 Å². The van der Waals surface area contributed by atoms with Crippen molar-refractivity contribution in [3.8, 4) is 5.75 Å². The number of nitro benzene ring substituents is 1. The van der Waals surface area contributed by atoms with E-state index in [9.17, 15) is 15.2 Å². The van der Waals surface area contributed by atoms with Crippen LogP contribution in [0.3, 0.4) is 0 Å². The van der Waals surface area contributed by atoms with E-state index in [0.717, 1.165) is 25.7 Å². The van der Waals surface area contributed by atoms with Gasteiger partial charge in [0, 0.05) is 17.9 Å². The van der Waals surface area contributed by atoms with Gasteiger partial charge in [-0.1, -0.05) is 12.8 Å². The van der Waals surface area contributed by atoms with Crippen LogP contribution in [0, 0.1) is 15.5 Å². The van der Waals surface area contributed by atoms with Crippen LogP contribution >= 0.6 is 15.9 Å². The van der Waals surface area contributed by atoms with Crippen molar-refractivity contribution in [2.45, 2.75) is 44.3 Å². The first-order valence-corrected chi connectivity index (χ1v) is 7.61. The van der Waals surface area contributed by atoms with E-state index >= 15 is 0 Å². The summed E-state index contributed by atoms with van der Waals surface area (Å²) < 4.78 is 6.67. The van der Waals surface area contributed by atoms with Crippen LogP contribution in [0.1, 0.15) is 32.1 Å². The minimum absolute atomic E-state index is 0.0172. The van der Waals surface area contributed by atoms with Gasteiger partial charge in [0.05, 0.1) is 21.6 Å². The lowest BCUT2D eigenvalue weighted by Crippen LogP contribution is -2.58. The van der Waals surface area contributed by atoms with Crippen molar-refractivity contribution in [1.29, 1.82) is 0 Å². The van der Waals surface area contributed by atoms with Crippen LogP contribution in [0.2, 0.25) is 0 Å². The number of rotatable bonds is 3. The Morgan fingerprint density at radius 3 is 2.70 bits per heavy atom. The van der Waals surface area contributed by atoms with Crippen molar-refractivity contribution in [3.63, 3.8) is 0 Å². The minimum Gasteiger partial charge on any atom is -0.488 e. The number of nitro groups is 1. The van der Waals surface area contributed by atoms with Crippen molar-refractivity contribution in [3.05, 3.63) is 32.8 Å². The Kier molecular flexibility index (Phi) is 3.46. The molecular weight excluding hydrogens is 326 g/mol. The van der Waals surface area contributed by atoms with E-state index in [1.54, 1.807) is 6.07 Å². The Hall–Kier alpha value is -1.14. The summed E-state index contributed by atoms with van der Waals surface area (Å²) in [6.07, 6.45) is 4.46. The number of halogens is 1. The summed E-state index contributed by atoms with van der Waals surface area (Å²) in [5, 5.41) is 20.9. The van der Waals surface area contributed by atoms with Crippen LogP contribution in [0.25, 0.3) is 0 Å². The number of hydrogen-bond acceptors (Lipinski definition) is 4. The molecule has 2 unspecified atom stereocenters. The largest absolute Gasteiger partial charge is 0.488 e. The molecule has 2 aliphatic carbocycles. The Balaban J connectivity index is 1.81. The van der Waals surface area contributed by atoms with E-state index in [-0.39, 0.29) is 23.3 Å². The van der Waals surface area contributed by atoms with Crippen LogP contribution in [0.4, 0.5) is 5.69 Å². The van der Waals surface area contributed by atoms with Crippen molar-refractivity contribution in [2.24, 2.45) is 5.41 Å². The highest BCUT2D eigenvalue weighted by Gasteiger charge is 2.57. The quantitative estimate of drug-likeness (QED) is 0.675. The lowest BCUT2D eigenvalue weighted by atomic mass is 9.62. The smallest absolute Gasteiger partial charge is 0.273 e. The summed E-state index contributed by atoms with van der Waals surface area (Å²) in [5.41, 5.74) is -0.118. The summed E-state index contributed by atoms with van der Waals surface area (Å²) in [6.45, 7) is 0. The van der Waals surface area contributed by atoms with Gasteiger partial charge in [-0.15, -0.1) is 0 Å². The summed E-state index contributed by atoms with van der Waals surface area (Å²) in [4.78, 5) is 10.4. The molecule has 2 atom stereocenters. The van der Waals surface area contributed by atoms with Crippen LogP contribution in [0.5, 0.6) is 5.75 Å². The topological polar surface area (TPSA) is 72.6 Å². The monoisotopic (exact) mass is 341 g/mol. The fraction of sp³-hybridized carbons (Fsp3) is 0.571. The van der Waals surface area contributed by atoms with Gasteiger partial charge in [0.1, 0.15) is 11.9 Å². The second-order valence-electron chi connectivity index (χ2n) is 5.67. The molecule has 1 spiro atoms. The second-order valence-corrected chi connectivity index (χ2v) is 6.52. The van der Waals surface area contributed by atoms with E-state index in [2.05, 4.69) is 15.9 Å². The van der Waals surface area contributed by atoms with Gasteiger partial charge in [0.2, 0.25) is 0 Å². The van der Waals surface area contributed by atoms with E-state index in [1.165, 1.54) is 12.1 Å². The maximum absolute atomic E-state index is 10.8. The van der Waals surface area contributed by atoms with Gasteiger partial charge in [-0.05, 0) is 34.8 Å². The zero-order chi connectivity index (χ0) is 14.3. The van der Waals surface area contributed by atoms with E-state index < -0.39 is 4.92 Å². The molecule has 5 nitrogen and oxygen atoms in total. The maximum Gasteiger partial charge on any atom is 0.273 e. The molecule has 0 amide bonds. The van der Waals surface area contributed by atoms with Crippen LogP contribution < -0.4 is 4.74 Å². The molecule has 2 aliphatic rings.